The molecule has 0 spiro atoms. The molecule has 1 aromatic rings. The smallest absolute Gasteiger partial charge is 0.387 e. The number of carbonyl (C=O) groups excluding carboxylic acids is 1. The second-order valence-corrected chi connectivity index (χ2v) is 4.71. The van der Waals surface area contributed by atoms with E-state index in [9.17, 15) is 18.4 Å². The Hall–Kier alpha value is -2.18. The summed E-state index contributed by atoms with van der Waals surface area (Å²) < 4.78 is 28.1. The van der Waals surface area contributed by atoms with Gasteiger partial charge < -0.3 is 15.2 Å². The van der Waals surface area contributed by atoms with Crippen molar-refractivity contribution in [1.82, 2.24) is 5.32 Å². The summed E-state index contributed by atoms with van der Waals surface area (Å²) in [5, 5.41) is 11.2. The molecule has 0 aliphatic rings. The number of halogens is 2. The molecule has 0 saturated carbocycles. The SMILES string of the molecule is CC(CC(=O)O)CC(=O)NCc1ccc(OC(F)F)cc1. The third-order valence-corrected chi connectivity index (χ3v) is 2.70. The van der Waals surface area contributed by atoms with Gasteiger partial charge in [0.1, 0.15) is 5.75 Å². The van der Waals surface area contributed by atoms with Crippen LogP contribution in [0.3, 0.4) is 0 Å². The van der Waals surface area contributed by atoms with Crippen LogP contribution in [-0.4, -0.2) is 23.6 Å². The molecular weight excluding hydrogens is 284 g/mol. The maximum Gasteiger partial charge on any atom is 0.387 e. The fourth-order valence-corrected chi connectivity index (χ4v) is 1.75. The zero-order valence-corrected chi connectivity index (χ0v) is 11.5. The molecule has 0 radical (unpaired) electrons. The van der Waals surface area contributed by atoms with Crippen molar-refractivity contribution in [2.24, 2.45) is 5.92 Å². The normalized spacial score (nSPS) is 12.0. The van der Waals surface area contributed by atoms with Gasteiger partial charge in [0.05, 0.1) is 0 Å². The molecule has 0 aliphatic carbocycles. The molecule has 7 heteroatoms. The van der Waals surface area contributed by atoms with Gasteiger partial charge in [0.25, 0.3) is 0 Å². The average molecular weight is 301 g/mol. The Morgan fingerprint density at radius 3 is 2.38 bits per heavy atom. The highest BCUT2D eigenvalue weighted by Gasteiger charge is 2.12. The summed E-state index contributed by atoms with van der Waals surface area (Å²) in [7, 11) is 0. The first kappa shape index (κ1) is 16.9. The third-order valence-electron chi connectivity index (χ3n) is 2.70. The summed E-state index contributed by atoms with van der Waals surface area (Å²) in [6.07, 6.45) is 0.0615. The Labute approximate surface area is 120 Å². The van der Waals surface area contributed by atoms with Crippen molar-refractivity contribution in [2.75, 3.05) is 0 Å². The van der Waals surface area contributed by atoms with Crippen LogP contribution in [-0.2, 0) is 16.1 Å². The molecule has 2 N–H and O–H groups in total. The maximum absolute atomic E-state index is 12.0. The first-order valence-corrected chi connectivity index (χ1v) is 6.39. The third kappa shape index (κ3) is 7.24. The molecule has 1 amide bonds. The lowest BCUT2D eigenvalue weighted by Crippen LogP contribution is -2.25. The first-order valence-electron chi connectivity index (χ1n) is 6.39. The fourth-order valence-electron chi connectivity index (χ4n) is 1.75. The van der Waals surface area contributed by atoms with Crippen LogP contribution >= 0.6 is 0 Å². The van der Waals surface area contributed by atoms with Gasteiger partial charge in [0.2, 0.25) is 5.91 Å². The van der Waals surface area contributed by atoms with E-state index in [-0.39, 0.29) is 37.0 Å². The molecule has 21 heavy (non-hydrogen) atoms. The number of carboxylic acids is 1. The number of alkyl halides is 2. The molecule has 0 aliphatic heterocycles. The van der Waals surface area contributed by atoms with Gasteiger partial charge in [-0.15, -0.1) is 0 Å². The van der Waals surface area contributed by atoms with Gasteiger partial charge in [-0.25, -0.2) is 0 Å². The number of carboxylic acid groups (broad SMARTS) is 1. The van der Waals surface area contributed by atoms with Crippen LogP contribution in [0.1, 0.15) is 25.3 Å². The largest absolute Gasteiger partial charge is 0.481 e. The predicted octanol–water partition coefficient (Wildman–Crippen LogP) is 2.41. The van der Waals surface area contributed by atoms with E-state index in [0.717, 1.165) is 5.56 Å². The Bertz CT molecular complexity index is 476. The van der Waals surface area contributed by atoms with Gasteiger partial charge in [-0.2, -0.15) is 8.78 Å². The van der Waals surface area contributed by atoms with Crippen molar-refractivity contribution in [3.05, 3.63) is 29.8 Å². The lowest BCUT2D eigenvalue weighted by Gasteiger charge is -2.10. The van der Waals surface area contributed by atoms with E-state index in [1.807, 2.05) is 0 Å². The number of hydrogen-bond acceptors (Lipinski definition) is 3. The van der Waals surface area contributed by atoms with E-state index in [1.54, 1.807) is 19.1 Å². The van der Waals surface area contributed by atoms with Gasteiger partial charge in [0.15, 0.2) is 0 Å². The van der Waals surface area contributed by atoms with Gasteiger partial charge in [-0.05, 0) is 23.6 Å². The molecule has 116 valence electrons. The minimum Gasteiger partial charge on any atom is -0.481 e. The lowest BCUT2D eigenvalue weighted by molar-refractivity contribution is -0.138. The zero-order chi connectivity index (χ0) is 15.8. The number of aliphatic carboxylic acids is 1. The molecule has 0 aromatic heterocycles. The molecule has 1 aromatic carbocycles. The monoisotopic (exact) mass is 301 g/mol. The number of benzene rings is 1. The van der Waals surface area contributed by atoms with Gasteiger partial charge in [-0.1, -0.05) is 19.1 Å². The zero-order valence-electron chi connectivity index (χ0n) is 11.5. The van der Waals surface area contributed by atoms with Gasteiger partial charge >= 0.3 is 12.6 Å². The number of rotatable bonds is 8. The van der Waals surface area contributed by atoms with Crippen molar-refractivity contribution < 1.29 is 28.2 Å². The minimum atomic E-state index is -2.87. The minimum absolute atomic E-state index is 0.0511. The fraction of sp³-hybridized carbons (Fsp3) is 0.429. The number of carbonyl (C=O) groups is 2. The van der Waals surface area contributed by atoms with Gasteiger partial charge in [-0.3, -0.25) is 9.59 Å². The summed E-state index contributed by atoms with van der Waals surface area (Å²) >= 11 is 0. The topological polar surface area (TPSA) is 75.6 Å². The van der Waals surface area contributed by atoms with Crippen molar-refractivity contribution in [1.29, 1.82) is 0 Å². The molecule has 1 unspecified atom stereocenters. The molecule has 0 bridgehead atoms. The lowest BCUT2D eigenvalue weighted by atomic mass is 10.0. The Balaban J connectivity index is 2.37. The van der Waals surface area contributed by atoms with Crippen LogP contribution in [0.2, 0.25) is 0 Å². The molecule has 0 heterocycles. The van der Waals surface area contributed by atoms with Crippen molar-refractivity contribution in [3.8, 4) is 5.75 Å². The molecular formula is C14H17F2NO4. The van der Waals surface area contributed by atoms with E-state index >= 15 is 0 Å². The van der Waals surface area contributed by atoms with Gasteiger partial charge in [0, 0.05) is 19.4 Å². The van der Waals surface area contributed by atoms with Crippen LogP contribution in [0, 0.1) is 5.92 Å². The molecule has 1 rings (SSSR count). The van der Waals surface area contributed by atoms with Crippen molar-refractivity contribution in [2.45, 2.75) is 32.9 Å². The highest BCUT2D eigenvalue weighted by atomic mass is 19.3. The number of ether oxygens (including phenoxy) is 1. The van der Waals surface area contributed by atoms with Crippen LogP contribution in [0.4, 0.5) is 8.78 Å². The Morgan fingerprint density at radius 2 is 1.86 bits per heavy atom. The average Bonchev–Trinajstić information content (AvgIpc) is 2.36. The Morgan fingerprint density at radius 1 is 1.24 bits per heavy atom. The highest BCUT2D eigenvalue weighted by molar-refractivity contribution is 5.77. The second kappa shape index (κ2) is 8.18. The summed E-state index contributed by atoms with van der Waals surface area (Å²) in [6.45, 7) is -0.941. The summed E-state index contributed by atoms with van der Waals surface area (Å²) in [5.41, 5.74) is 0.732. The van der Waals surface area contributed by atoms with E-state index in [2.05, 4.69) is 10.1 Å². The molecule has 5 nitrogen and oxygen atoms in total. The van der Waals surface area contributed by atoms with Crippen LogP contribution in [0.5, 0.6) is 5.75 Å². The quantitative estimate of drug-likeness (QED) is 0.773. The maximum atomic E-state index is 12.0. The predicted molar refractivity (Wildman–Crippen MR) is 71.0 cm³/mol. The number of amides is 1. The second-order valence-electron chi connectivity index (χ2n) is 4.71. The summed E-state index contributed by atoms with van der Waals surface area (Å²) in [5.74, 6) is -1.39. The van der Waals surface area contributed by atoms with E-state index < -0.39 is 12.6 Å². The molecule has 0 fully saturated rings. The standard InChI is InChI=1S/C14H17F2NO4/c1-9(7-13(19)20)6-12(18)17-8-10-2-4-11(5-3-10)21-14(15)16/h2-5,9,14H,6-8H2,1H3,(H,17,18)(H,19,20). The van der Waals surface area contributed by atoms with Crippen LogP contribution in [0.15, 0.2) is 24.3 Å². The first-order chi connectivity index (χ1) is 9.86. The van der Waals surface area contributed by atoms with Crippen molar-refractivity contribution >= 4 is 11.9 Å². The summed E-state index contributed by atoms with van der Waals surface area (Å²) in [4.78, 5) is 22.1. The van der Waals surface area contributed by atoms with Crippen LogP contribution < -0.4 is 10.1 Å². The number of nitrogens with one attached hydrogen (secondary N) is 1. The van der Waals surface area contributed by atoms with E-state index in [0.29, 0.717) is 0 Å². The van der Waals surface area contributed by atoms with E-state index in [4.69, 9.17) is 5.11 Å². The van der Waals surface area contributed by atoms with Crippen molar-refractivity contribution in [3.63, 3.8) is 0 Å². The molecule has 1 atom stereocenters. The molecule has 0 saturated heterocycles. The number of hydrogen-bond donors (Lipinski definition) is 2. The summed E-state index contributed by atoms with van der Waals surface area (Å²) in [6, 6.07) is 5.92. The highest BCUT2D eigenvalue weighted by Crippen LogP contribution is 2.15. The van der Waals surface area contributed by atoms with E-state index in [1.165, 1.54) is 12.1 Å². The Kier molecular flexibility index (Phi) is 6.58. The van der Waals surface area contributed by atoms with Crippen LogP contribution in [0.25, 0.3) is 0 Å².